The summed E-state index contributed by atoms with van der Waals surface area (Å²) >= 11 is 0. The van der Waals surface area contributed by atoms with Gasteiger partial charge in [-0.25, -0.2) is 0 Å². The predicted octanol–water partition coefficient (Wildman–Crippen LogP) is 3.25. The van der Waals surface area contributed by atoms with Gasteiger partial charge in [-0.3, -0.25) is 0 Å². The molecule has 2 rings (SSSR count). The van der Waals surface area contributed by atoms with Gasteiger partial charge in [0.15, 0.2) is 0 Å². The lowest BCUT2D eigenvalue weighted by atomic mass is 10.1. The van der Waals surface area contributed by atoms with E-state index in [4.69, 9.17) is 4.74 Å². The molecule has 0 unspecified atom stereocenters. The van der Waals surface area contributed by atoms with Crippen molar-refractivity contribution in [1.29, 1.82) is 5.26 Å². The Labute approximate surface area is 120 Å². The van der Waals surface area contributed by atoms with Gasteiger partial charge in [-0.05, 0) is 24.1 Å². The highest BCUT2D eigenvalue weighted by atomic mass is 16.5. The minimum atomic E-state index is 0.668. The molecule has 0 heterocycles. The van der Waals surface area contributed by atoms with E-state index in [-0.39, 0.29) is 0 Å². The van der Waals surface area contributed by atoms with Crippen LogP contribution in [-0.4, -0.2) is 20.7 Å². The van der Waals surface area contributed by atoms with Gasteiger partial charge in [0.25, 0.3) is 0 Å². The van der Waals surface area contributed by atoms with Gasteiger partial charge in [0.1, 0.15) is 11.8 Å². The molecule has 0 aliphatic rings. The van der Waals surface area contributed by atoms with Crippen LogP contribution in [0.5, 0.6) is 5.75 Å². The van der Waals surface area contributed by atoms with Crippen LogP contribution in [-0.2, 0) is 6.42 Å². The fraction of sp³-hybridized carbons (Fsp3) is 0.235. The van der Waals surface area contributed by atoms with Crippen molar-refractivity contribution >= 4 is 5.69 Å². The number of likely N-dealkylation sites (N-methyl/N-ethyl adjacent to an activating group) is 1. The molecule has 3 nitrogen and oxygen atoms in total. The highest BCUT2D eigenvalue weighted by Crippen LogP contribution is 2.25. The van der Waals surface area contributed by atoms with Crippen molar-refractivity contribution in [2.24, 2.45) is 0 Å². The number of hydrogen-bond acceptors (Lipinski definition) is 3. The lowest BCUT2D eigenvalue weighted by molar-refractivity contribution is 0.415. The molecule has 20 heavy (non-hydrogen) atoms. The van der Waals surface area contributed by atoms with Crippen LogP contribution in [0.15, 0.2) is 48.5 Å². The summed E-state index contributed by atoms with van der Waals surface area (Å²) in [6.45, 7) is 0.853. The normalized spacial score (nSPS) is 9.85. The van der Waals surface area contributed by atoms with E-state index >= 15 is 0 Å². The Morgan fingerprint density at radius 3 is 2.55 bits per heavy atom. The summed E-state index contributed by atoms with van der Waals surface area (Å²) < 4.78 is 5.23. The van der Waals surface area contributed by atoms with E-state index < -0.39 is 0 Å². The van der Waals surface area contributed by atoms with E-state index in [1.54, 1.807) is 13.2 Å². The Kier molecular flexibility index (Phi) is 4.62. The van der Waals surface area contributed by atoms with Gasteiger partial charge in [-0.2, -0.15) is 5.26 Å². The Morgan fingerprint density at radius 1 is 1.15 bits per heavy atom. The number of nitriles is 1. The third-order valence-corrected chi connectivity index (χ3v) is 3.32. The van der Waals surface area contributed by atoms with Crippen LogP contribution in [0.2, 0.25) is 0 Å². The molecule has 0 bridgehead atoms. The number of methoxy groups -OCH3 is 1. The zero-order valence-electron chi connectivity index (χ0n) is 11.8. The number of rotatable bonds is 5. The molecule has 0 atom stereocenters. The van der Waals surface area contributed by atoms with Gasteiger partial charge >= 0.3 is 0 Å². The van der Waals surface area contributed by atoms with Crippen LogP contribution < -0.4 is 9.64 Å². The number of hydrogen-bond donors (Lipinski definition) is 0. The summed E-state index contributed by atoms with van der Waals surface area (Å²) in [7, 11) is 3.63. The molecule has 0 radical (unpaired) electrons. The zero-order valence-corrected chi connectivity index (χ0v) is 11.8. The third-order valence-electron chi connectivity index (χ3n) is 3.32. The largest absolute Gasteiger partial charge is 0.497 e. The van der Waals surface area contributed by atoms with Crippen molar-refractivity contribution in [2.75, 3.05) is 25.6 Å². The molecule has 0 saturated heterocycles. The van der Waals surface area contributed by atoms with E-state index in [1.807, 2.05) is 37.4 Å². The molecule has 0 aromatic heterocycles. The van der Waals surface area contributed by atoms with Crippen LogP contribution >= 0.6 is 0 Å². The molecule has 3 heteroatoms. The molecular weight excluding hydrogens is 248 g/mol. The lowest BCUT2D eigenvalue weighted by Gasteiger charge is -2.21. The number of nitrogens with zero attached hydrogens (tertiary/aromatic N) is 2. The van der Waals surface area contributed by atoms with Crippen molar-refractivity contribution in [3.63, 3.8) is 0 Å². The molecule has 0 aliphatic carbocycles. The van der Waals surface area contributed by atoms with Crippen LogP contribution in [0, 0.1) is 11.3 Å². The minimum absolute atomic E-state index is 0.668. The van der Waals surface area contributed by atoms with Gasteiger partial charge in [0.2, 0.25) is 0 Å². The summed E-state index contributed by atoms with van der Waals surface area (Å²) in [6.07, 6.45) is 0.944. The summed E-state index contributed by atoms with van der Waals surface area (Å²) in [5, 5.41) is 9.20. The molecule has 0 amide bonds. The van der Waals surface area contributed by atoms with Crippen molar-refractivity contribution in [3.8, 4) is 11.8 Å². The second kappa shape index (κ2) is 6.63. The first-order chi connectivity index (χ1) is 9.74. The van der Waals surface area contributed by atoms with E-state index in [0.717, 1.165) is 24.4 Å². The van der Waals surface area contributed by atoms with Gasteiger partial charge < -0.3 is 9.64 Å². The Balaban J connectivity index is 2.12. The Bertz CT molecular complexity index is 602. The standard InChI is InChI=1S/C17H18N2O/c1-19(11-10-14-6-4-3-5-7-14)17-12-16(20-2)9-8-15(17)13-18/h3-9,12H,10-11H2,1-2H3. The quantitative estimate of drug-likeness (QED) is 0.833. The maximum atomic E-state index is 9.20. The Morgan fingerprint density at radius 2 is 1.90 bits per heavy atom. The van der Waals surface area contributed by atoms with Gasteiger partial charge in [-0.15, -0.1) is 0 Å². The molecule has 0 saturated carbocycles. The second-order valence-corrected chi connectivity index (χ2v) is 4.65. The first-order valence-corrected chi connectivity index (χ1v) is 6.58. The van der Waals surface area contributed by atoms with Gasteiger partial charge in [0, 0.05) is 19.7 Å². The number of ether oxygens (including phenoxy) is 1. The fourth-order valence-corrected chi connectivity index (χ4v) is 2.11. The molecule has 0 spiro atoms. The molecule has 2 aromatic rings. The average Bonchev–Trinajstić information content (AvgIpc) is 2.52. The van der Waals surface area contributed by atoms with Crippen molar-refractivity contribution in [3.05, 3.63) is 59.7 Å². The number of benzene rings is 2. The predicted molar refractivity (Wildman–Crippen MR) is 81.1 cm³/mol. The SMILES string of the molecule is COc1ccc(C#N)c(N(C)CCc2ccccc2)c1. The maximum Gasteiger partial charge on any atom is 0.121 e. The molecule has 0 aliphatic heterocycles. The maximum absolute atomic E-state index is 9.20. The van der Waals surface area contributed by atoms with Crippen LogP contribution in [0.25, 0.3) is 0 Å². The lowest BCUT2D eigenvalue weighted by Crippen LogP contribution is -2.21. The molecular formula is C17H18N2O. The van der Waals surface area contributed by atoms with Crippen molar-refractivity contribution < 1.29 is 4.74 Å². The highest BCUT2D eigenvalue weighted by Gasteiger charge is 2.09. The van der Waals surface area contributed by atoms with Crippen LogP contribution in [0.1, 0.15) is 11.1 Å². The highest BCUT2D eigenvalue weighted by molar-refractivity contribution is 5.61. The molecule has 102 valence electrons. The smallest absolute Gasteiger partial charge is 0.121 e. The first kappa shape index (κ1) is 14.0. The topological polar surface area (TPSA) is 36.3 Å². The van der Waals surface area contributed by atoms with Gasteiger partial charge in [-0.1, -0.05) is 30.3 Å². The average molecular weight is 266 g/mol. The van der Waals surface area contributed by atoms with Gasteiger partial charge in [0.05, 0.1) is 18.4 Å². The zero-order chi connectivity index (χ0) is 14.4. The summed E-state index contributed by atoms with van der Waals surface area (Å²) in [4.78, 5) is 2.09. The molecule has 2 aromatic carbocycles. The Hall–Kier alpha value is -2.47. The fourth-order valence-electron chi connectivity index (χ4n) is 2.11. The van der Waals surface area contributed by atoms with Crippen LogP contribution in [0.4, 0.5) is 5.69 Å². The minimum Gasteiger partial charge on any atom is -0.497 e. The molecule has 0 fully saturated rings. The van der Waals surface area contributed by atoms with E-state index in [0.29, 0.717) is 5.56 Å². The molecule has 0 N–H and O–H groups in total. The summed E-state index contributed by atoms with van der Waals surface area (Å²) in [5.41, 5.74) is 2.87. The van der Waals surface area contributed by atoms with E-state index in [1.165, 1.54) is 5.56 Å². The van der Waals surface area contributed by atoms with E-state index in [9.17, 15) is 5.26 Å². The summed E-state index contributed by atoms with van der Waals surface area (Å²) in [6, 6.07) is 18.1. The van der Waals surface area contributed by atoms with Crippen molar-refractivity contribution in [1.82, 2.24) is 0 Å². The third kappa shape index (κ3) is 3.30. The van der Waals surface area contributed by atoms with Crippen molar-refractivity contribution in [2.45, 2.75) is 6.42 Å². The summed E-state index contributed by atoms with van der Waals surface area (Å²) in [5.74, 6) is 0.769. The number of anilines is 1. The van der Waals surface area contributed by atoms with E-state index in [2.05, 4.69) is 23.1 Å². The first-order valence-electron chi connectivity index (χ1n) is 6.58. The second-order valence-electron chi connectivity index (χ2n) is 4.65. The van der Waals surface area contributed by atoms with Crippen LogP contribution in [0.3, 0.4) is 0 Å². The monoisotopic (exact) mass is 266 g/mol.